The summed E-state index contributed by atoms with van der Waals surface area (Å²) in [5, 5.41) is 2.99. The average Bonchev–Trinajstić information content (AvgIpc) is 2.51. The van der Waals surface area contributed by atoms with Gasteiger partial charge in [0.2, 0.25) is 5.91 Å². The predicted octanol–water partition coefficient (Wildman–Crippen LogP) is 1.77. The van der Waals surface area contributed by atoms with E-state index in [-0.39, 0.29) is 11.9 Å². The molecular weight excluding hydrogens is 266 g/mol. The zero-order valence-electron chi connectivity index (χ0n) is 13.3. The SMILES string of the molecule is CCC(C)NC(=O)CN(CCCN)c1ccccc1OC. The monoisotopic (exact) mass is 293 g/mol. The van der Waals surface area contributed by atoms with Crippen molar-refractivity contribution in [2.24, 2.45) is 5.73 Å². The quantitative estimate of drug-likeness (QED) is 0.728. The Bertz CT molecular complexity index is 437. The first kappa shape index (κ1) is 17.3. The van der Waals surface area contributed by atoms with E-state index in [2.05, 4.69) is 12.2 Å². The Morgan fingerprint density at radius 3 is 2.76 bits per heavy atom. The molecule has 0 radical (unpaired) electrons. The Hall–Kier alpha value is -1.75. The van der Waals surface area contributed by atoms with E-state index in [1.807, 2.05) is 36.1 Å². The number of carbonyl (C=O) groups excluding carboxylic acids is 1. The Balaban J connectivity index is 2.82. The molecule has 21 heavy (non-hydrogen) atoms. The van der Waals surface area contributed by atoms with E-state index in [1.54, 1.807) is 7.11 Å². The van der Waals surface area contributed by atoms with Crippen LogP contribution in [0.3, 0.4) is 0 Å². The molecule has 0 saturated carbocycles. The van der Waals surface area contributed by atoms with Crippen LogP contribution in [0.25, 0.3) is 0 Å². The van der Waals surface area contributed by atoms with Gasteiger partial charge in [-0.2, -0.15) is 0 Å². The van der Waals surface area contributed by atoms with Crippen molar-refractivity contribution in [2.75, 3.05) is 31.6 Å². The van der Waals surface area contributed by atoms with Crippen LogP contribution in [0.15, 0.2) is 24.3 Å². The van der Waals surface area contributed by atoms with Crippen molar-refractivity contribution < 1.29 is 9.53 Å². The molecule has 3 N–H and O–H groups in total. The van der Waals surface area contributed by atoms with E-state index in [9.17, 15) is 4.79 Å². The standard InChI is InChI=1S/C16H27N3O2/c1-4-13(2)18-16(20)12-19(11-7-10-17)14-8-5-6-9-15(14)21-3/h5-6,8-9,13H,4,7,10-12,17H2,1-3H3,(H,18,20). The molecule has 0 aliphatic carbocycles. The number of hydrogen-bond donors (Lipinski definition) is 2. The fourth-order valence-corrected chi connectivity index (χ4v) is 2.05. The van der Waals surface area contributed by atoms with Gasteiger partial charge in [-0.3, -0.25) is 4.79 Å². The Morgan fingerprint density at radius 2 is 2.14 bits per heavy atom. The van der Waals surface area contributed by atoms with Gasteiger partial charge < -0.3 is 20.7 Å². The van der Waals surface area contributed by atoms with Crippen LogP contribution in [0.5, 0.6) is 5.75 Å². The number of benzene rings is 1. The fraction of sp³-hybridized carbons (Fsp3) is 0.562. The van der Waals surface area contributed by atoms with Crippen LogP contribution >= 0.6 is 0 Å². The molecule has 1 rings (SSSR count). The van der Waals surface area contributed by atoms with Gasteiger partial charge in [0.25, 0.3) is 0 Å². The van der Waals surface area contributed by atoms with Crippen LogP contribution in [-0.2, 0) is 4.79 Å². The molecule has 0 fully saturated rings. The summed E-state index contributed by atoms with van der Waals surface area (Å²) in [6.45, 7) is 5.69. The number of nitrogens with zero attached hydrogens (tertiary/aromatic N) is 1. The van der Waals surface area contributed by atoms with Crippen molar-refractivity contribution in [1.29, 1.82) is 0 Å². The van der Waals surface area contributed by atoms with Gasteiger partial charge in [0.1, 0.15) is 5.75 Å². The van der Waals surface area contributed by atoms with Crippen LogP contribution in [0.4, 0.5) is 5.69 Å². The maximum Gasteiger partial charge on any atom is 0.239 e. The zero-order chi connectivity index (χ0) is 15.7. The third-order valence-electron chi connectivity index (χ3n) is 3.41. The minimum absolute atomic E-state index is 0.0206. The molecule has 0 saturated heterocycles. The van der Waals surface area contributed by atoms with Crippen LogP contribution in [0.2, 0.25) is 0 Å². The molecule has 1 amide bonds. The van der Waals surface area contributed by atoms with E-state index in [0.29, 0.717) is 13.1 Å². The molecule has 0 aromatic heterocycles. The molecular formula is C16H27N3O2. The van der Waals surface area contributed by atoms with E-state index >= 15 is 0 Å². The molecule has 5 nitrogen and oxygen atoms in total. The number of hydrogen-bond acceptors (Lipinski definition) is 4. The van der Waals surface area contributed by atoms with Gasteiger partial charge >= 0.3 is 0 Å². The lowest BCUT2D eigenvalue weighted by molar-refractivity contribution is -0.120. The molecule has 0 aliphatic heterocycles. The fourth-order valence-electron chi connectivity index (χ4n) is 2.05. The number of amides is 1. The number of ether oxygens (including phenoxy) is 1. The number of carbonyl (C=O) groups is 1. The minimum Gasteiger partial charge on any atom is -0.495 e. The van der Waals surface area contributed by atoms with Crippen LogP contribution in [-0.4, -0.2) is 38.7 Å². The molecule has 0 aliphatic rings. The first-order chi connectivity index (χ1) is 10.1. The Morgan fingerprint density at radius 1 is 1.43 bits per heavy atom. The lowest BCUT2D eigenvalue weighted by Gasteiger charge is -2.26. The topological polar surface area (TPSA) is 67.6 Å². The maximum atomic E-state index is 12.1. The first-order valence-corrected chi connectivity index (χ1v) is 7.49. The van der Waals surface area contributed by atoms with Gasteiger partial charge in [0.15, 0.2) is 0 Å². The van der Waals surface area contributed by atoms with E-state index in [1.165, 1.54) is 0 Å². The van der Waals surface area contributed by atoms with Crippen molar-refractivity contribution in [1.82, 2.24) is 5.32 Å². The summed E-state index contributed by atoms with van der Waals surface area (Å²) in [6.07, 6.45) is 1.75. The van der Waals surface area contributed by atoms with Crippen molar-refractivity contribution in [3.8, 4) is 5.75 Å². The molecule has 0 bridgehead atoms. The number of nitrogens with two attached hydrogens (primary N) is 1. The summed E-state index contributed by atoms with van der Waals surface area (Å²) < 4.78 is 5.39. The average molecular weight is 293 g/mol. The maximum absolute atomic E-state index is 12.1. The highest BCUT2D eigenvalue weighted by atomic mass is 16.5. The van der Waals surface area contributed by atoms with E-state index < -0.39 is 0 Å². The third kappa shape index (κ3) is 5.63. The summed E-state index contributed by atoms with van der Waals surface area (Å²) in [5.41, 5.74) is 6.52. The van der Waals surface area contributed by atoms with Crippen molar-refractivity contribution in [3.05, 3.63) is 24.3 Å². The highest BCUT2D eigenvalue weighted by Crippen LogP contribution is 2.27. The second-order valence-electron chi connectivity index (χ2n) is 5.11. The predicted molar refractivity (Wildman–Crippen MR) is 86.8 cm³/mol. The summed E-state index contributed by atoms with van der Waals surface area (Å²) in [6, 6.07) is 7.91. The molecule has 1 aromatic carbocycles. The van der Waals surface area contributed by atoms with Crippen LogP contribution in [0, 0.1) is 0 Å². The minimum atomic E-state index is 0.0206. The molecule has 1 aromatic rings. The van der Waals surface area contributed by atoms with E-state index in [4.69, 9.17) is 10.5 Å². The Kier molecular flexibility index (Phi) is 7.61. The van der Waals surface area contributed by atoms with Gasteiger partial charge in [-0.05, 0) is 38.4 Å². The van der Waals surface area contributed by atoms with Crippen molar-refractivity contribution >= 4 is 11.6 Å². The van der Waals surface area contributed by atoms with Gasteiger partial charge in [-0.15, -0.1) is 0 Å². The van der Waals surface area contributed by atoms with Gasteiger partial charge in [0.05, 0.1) is 19.3 Å². The molecule has 1 unspecified atom stereocenters. The van der Waals surface area contributed by atoms with Gasteiger partial charge in [-0.1, -0.05) is 19.1 Å². The molecule has 0 spiro atoms. The number of nitrogens with one attached hydrogen (secondary N) is 1. The highest BCUT2D eigenvalue weighted by Gasteiger charge is 2.15. The summed E-state index contributed by atoms with van der Waals surface area (Å²) in [5.74, 6) is 0.790. The summed E-state index contributed by atoms with van der Waals surface area (Å²) in [7, 11) is 1.64. The van der Waals surface area contributed by atoms with E-state index in [0.717, 1.165) is 30.8 Å². The van der Waals surface area contributed by atoms with Crippen LogP contribution < -0.4 is 20.7 Å². The molecule has 5 heteroatoms. The van der Waals surface area contributed by atoms with Crippen LogP contribution in [0.1, 0.15) is 26.7 Å². The number of anilines is 1. The number of para-hydroxylation sites is 2. The first-order valence-electron chi connectivity index (χ1n) is 7.49. The second-order valence-corrected chi connectivity index (χ2v) is 5.11. The molecule has 0 heterocycles. The third-order valence-corrected chi connectivity index (χ3v) is 3.41. The highest BCUT2D eigenvalue weighted by molar-refractivity contribution is 5.82. The molecule has 1 atom stereocenters. The molecule has 118 valence electrons. The van der Waals surface area contributed by atoms with Crippen molar-refractivity contribution in [3.63, 3.8) is 0 Å². The second kappa shape index (κ2) is 9.23. The smallest absolute Gasteiger partial charge is 0.239 e. The van der Waals surface area contributed by atoms with Gasteiger partial charge in [-0.25, -0.2) is 0 Å². The zero-order valence-corrected chi connectivity index (χ0v) is 13.3. The number of methoxy groups -OCH3 is 1. The largest absolute Gasteiger partial charge is 0.495 e. The Labute approximate surface area is 127 Å². The van der Waals surface area contributed by atoms with Crippen molar-refractivity contribution in [2.45, 2.75) is 32.7 Å². The lowest BCUT2D eigenvalue weighted by Crippen LogP contribution is -2.41. The number of rotatable bonds is 9. The van der Waals surface area contributed by atoms with Gasteiger partial charge in [0, 0.05) is 12.6 Å². The normalized spacial score (nSPS) is 11.8. The summed E-state index contributed by atoms with van der Waals surface area (Å²) >= 11 is 0. The lowest BCUT2D eigenvalue weighted by atomic mass is 10.2. The summed E-state index contributed by atoms with van der Waals surface area (Å²) in [4.78, 5) is 14.2.